The van der Waals surface area contributed by atoms with Gasteiger partial charge in [-0.2, -0.15) is 0 Å². The summed E-state index contributed by atoms with van der Waals surface area (Å²) in [5.41, 5.74) is 4.42. The summed E-state index contributed by atoms with van der Waals surface area (Å²) in [6, 6.07) is 15.0. The molecule has 2 N–H and O–H groups in total. The lowest BCUT2D eigenvalue weighted by molar-refractivity contribution is 0.0939. The number of amides is 1. The first-order chi connectivity index (χ1) is 16.4. The first-order valence-corrected chi connectivity index (χ1v) is 13.2. The number of hydrogen-bond acceptors (Lipinski definition) is 4. The molecule has 0 aliphatic carbocycles. The van der Waals surface area contributed by atoms with Crippen molar-refractivity contribution in [1.29, 1.82) is 0 Å². The van der Waals surface area contributed by atoms with Gasteiger partial charge in [-0.05, 0) is 85.3 Å². The number of ether oxygens (including phenoxy) is 1. The van der Waals surface area contributed by atoms with Crippen LogP contribution in [0.2, 0.25) is 5.02 Å². The minimum Gasteiger partial charge on any atom is -0.496 e. The molecule has 0 saturated heterocycles. The van der Waals surface area contributed by atoms with Gasteiger partial charge in [-0.3, -0.25) is 9.52 Å². The maximum atomic E-state index is 13.1. The van der Waals surface area contributed by atoms with Crippen LogP contribution >= 0.6 is 11.6 Å². The number of anilines is 1. The zero-order valence-electron chi connectivity index (χ0n) is 20.8. The number of sulfonamides is 1. The highest BCUT2D eigenvalue weighted by atomic mass is 35.5. The van der Waals surface area contributed by atoms with Crippen LogP contribution in [0.25, 0.3) is 0 Å². The lowest BCUT2D eigenvalue weighted by Gasteiger charge is -2.21. The molecule has 0 saturated carbocycles. The van der Waals surface area contributed by atoms with Crippen LogP contribution < -0.4 is 14.8 Å². The first-order valence-electron chi connectivity index (χ1n) is 11.3. The fourth-order valence-electron chi connectivity index (χ4n) is 3.91. The molecule has 0 aliphatic heterocycles. The van der Waals surface area contributed by atoms with Crippen LogP contribution in [0, 0.1) is 13.8 Å². The van der Waals surface area contributed by atoms with E-state index in [9.17, 15) is 13.2 Å². The fourth-order valence-corrected chi connectivity index (χ4v) is 5.56. The molecule has 6 nitrogen and oxygen atoms in total. The predicted molar refractivity (Wildman–Crippen MR) is 141 cm³/mol. The van der Waals surface area contributed by atoms with Gasteiger partial charge >= 0.3 is 0 Å². The summed E-state index contributed by atoms with van der Waals surface area (Å²) in [4.78, 5) is 12.9. The molecule has 0 heterocycles. The number of hydrogen-bond donors (Lipinski definition) is 2. The van der Waals surface area contributed by atoms with Crippen molar-refractivity contribution in [1.82, 2.24) is 5.32 Å². The molecular formula is C27H31ClN2O4S. The van der Waals surface area contributed by atoms with Gasteiger partial charge in [-0.1, -0.05) is 43.6 Å². The van der Waals surface area contributed by atoms with Crippen molar-refractivity contribution in [2.45, 2.75) is 51.5 Å². The molecule has 35 heavy (non-hydrogen) atoms. The topological polar surface area (TPSA) is 84.5 Å². The highest BCUT2D eigenvalue weighted by molar-refractivity contribution is 7.92. The molecule has 1 atom stereocenters. The van der Waals surface area contributed by atoms with Crippen LogP contribution in [0.3, 0.4) is 0 Å². The molecule has 8 heteroatoms. The van der Waals surface area contributed by atoms with Crippen LogP contribution in [0.15, 0.2) is 59.5 Å². The third kappa shape index (κ3) is 5.97. The number of para-hydroxylation sites is 1. The van der Waals surface area contributed by atoms with Crippen LogP contribution in [-0.2, 0) is 10.0 Å². The molecular weight excluding hydrogens is 484 g/mol. The van der Waals surface area contributed by atoms with E-state index in [0.29, 0.717) is 5.69 Å². The highest BCUT2D eigenvalue weighted by Crippen LogP contribution is 2.32. The number of carbonyl (C=O) groups is 1. The van der Waals surface area contributed by atoms with Gasteiger partial charge in [0, 0.05) is 5.56 Å². The molecule has 3 aromatic carbocycles. The minimum atomic E-state index is -4.01. The highest BCUT2D eigenvalue weighted by Gasteiger charge is 2.22. The number of aryl methyl sites for hydroxylation is 2. The summed E-state index contributed by atoms with van der Waals surface area (Å²) in [6.07, 6.45) is 0. The van der Waals surface area contributed by atoms with Crippen molar-refractivity contribution < 1.29 is 17.9 Å². The Kier molecular flexibility index (Phi) is 8.13. The number of halogens is 1. The Morgan fingerprint density at radius 1 is 0.943 bits per heavy atom. The molecule has 0 unspecified atom stereocenters. The standard InChI is InChI=1S/C27H31ClN2O4S/c1-16(2)21-15-22(18(4)13-25(21)34-6)19(5)29-27(31)20-11-12-23(28)26(14-20)35(32,33)30-24-10-8-7-9-17(24)3/h7-16,19,30H,1-6H3,(H,29,31)/t19-/m0/s1. The smallest absolute Gasteiger partial charge is 0.263 e. The molecule has 0 fully saturated rings. The van der Waals surface area contributed by atoms with E-state index in [4.69, 9.17) is 16.3 Å². The van der Waals surface area contributed by atoms with E-state index in [-0.39, 0.29) is 27.4 Å². The van der Waals surface area contributed by atoms with E-state index < -0.39 is 15.9 Å². The Morgan fingerprint density at radius 2 is 1.63 bits per heavy atom. The van der Waals surface area contributed by atoms with Crippen molar-refractivity contribution in [2.75, 3.05) is 11.8 Å². The molecule has 0 radical (unpaired) electrons. The summed E-state index contributed by atoms with van der Waals surface area (Å²) < 4.78 is 34.2. The number of carbonyl (C=O) groups excluding carboxylic acids is 1. The van der Waals surface area contributed by atoms with Crippen molar-refractivity contribution >= 4 is 33.2 Å². The van der Waals surface area contributed by atoms with Gasteiger partial charge in [-0.15, -0.1) is 0 Å². The summed E-state index contributed by atoms with van der Waals surface area (Å²) in [6.45, 7) is 9.83. The minimum absolute atomic E-state index is 0.0308. The second kappa shape index (κ2) is 10.7. The Bertz CT molecular complexity index is 1350. The van der Waals surface area contributed by atoms with Crippen LogP contribution in [-0.4, -0.2) is 21.4 Å². The average molecular weight is 515 g/mol. The third-order valence-electron chi connectivity index (χ3n) is 5.93. The van der Waals surface area contributed by atoms with Crippen molar-refractivity contribution in [3.8, 4) is 5.75 Å². The number of benzene rings is 3. The van der Waals surface area contributed by atoms with Crippen molar-refractivity contribution in [2.24, 2.45) is 0 Å². The molecule has 3 rings (SSSR count). The van der Waals surface area contributed by atoms with Crippen LogP contribution in [0.5, 0.6) is 5.75 Å². The first kappa shape index (κ1) is 26.6. The van der Waals surface area contributed by atoms with Crippen molar-refractivity contribution in [3.05, 3.63) is 87.4 Å². The normalized spacial score (nSPS) is 12.3. The van der Waals surface area contributed by atoms with E-state index >= 15 is 0 Å². The molecule has 3 aromatic rings. The predicted octanol–water partition coefficient (Wildman–Crippen LogP) is 6.38. The SMILES string of the molecule is COc1cc(C)c([C@H](C)NC(=O)c2ccc(Cl)c(S(=O)(=O)Nc3ccccc3C)c2)cc1C(C)C. The quantitative estimate of drug-likeness (QED) is 0.365. The lowest BCUT2D eigenvalue weighted by atomic mass is 9.93. The maximum Gasteiger partial charge on any atom is 0.263 e. The average Bonchev–Trinajstić information content (AvgIpc) is 2.79. The zero-order valence-corrected chi connectivity index (χ0v) is 22.3. The molecule has 186 valence electrons. The summed E-state index contributed by atoms with van der Waals surface area (Å²) in [7, 11) is -2.36. The van der Waals surface area contributed by atoms with Crippen LogP contribution in [0.4, 0.5) is 5.69 Å². The second-order valence-corrected chi connectivity index (χ2v) is 10.9. The zero-order chi connectivity index (χ0) is 25.9. The van der Waals surface area contributed by atoms with E-state index in [0.717, 1.165) is 28.0 Å². The molecule has 0 aliphatic rings. The summed E-state index contributed by atoms with van der Waals surface area (Å²) in [5.74, 6) is 0.660. The third-order valence-corrected chi connectivity index (χ3v) is 7.77. The van der Waals surface area contributed by atoms with Gasteiger partial charge in [0.05, 0.1) is 23.9 Å². The van der Waals surface area contributed by atoms with Crippen molar-refractivity contribution in [3.63, 3.8) is 0 Å². The Morgan fingerprint density at radius 3 is 2.26 bits per heavy atom. The summed E-state index contributed by atoms with van der Waals surface area (Å²) >= 11 is 6.23. The monoisotopic (exact) mass is 514 g/mol. The van der Waals surface area contributed by atoms with Gasteiger partial charge in [0.1, 0.15) is 10.6 Å². The second-order valence-electron chi connectivity index (χ2n) is 8.87. The molecule has 0 spiro atoms. The van der Waals surface area contributed by atoms with Gasteiger partial charge in [0.25, 0.3) is 15.9 Å². The van der Waals surface area contributed by atoms with Gasteiger partial charge in [0.15, 0.2) is 0 Å². The number of methoxy groups -OCH3 is 1. The van der Waals surface area contributed by atoms with E-state index in [1.807, 2.05) is 32.0 Å². The maximum absolute atomic E-state index is 13.1. The van der Waals surface area contributed by atoms with Gasteiger partial charge in [0.2, 0.25) is 0 Å². The largest absolute Gasteiger partial charge is 0.496 e. The molecule has 1 amide bonds. The Labute approximate surface area is 212 Å². The fraction of sp³-hybridized carbons (Fsp3) is 0.296. The molecule has 0 aromatic heterocycles. The van der Waals surface area contributed by atoms with Crippen LogP contribution in [0.1, 0.15) is 65.3 Å². The van der Waals surface area contributed by atoms with Gasteiger partial charge < -0.3 is 10.1 Å². The molecule has 0 bridgehead atoms. The Hall–Kier alpha value is -3.03. The number of rotatable bonds is 8. The Balaban J connectivity index is 1.88. The lowest BCUT2D eigenvalue weighted by Crippen LogP contribution is -2.27. The van der Waals surface area contributed by atoms with E-state index in [2.05, 4.69) is 23.9 Å². The number of nitrogens with one attached hydrogen (secondary N) is 2. The van der Waals surface area contributed by atoms with E-state index in [1.54, 1.807) is 32.2 Å². The van der Waals surface area contributed by atoms with E-state index in [1.165, 1.54) is 18.2 Å². The summed E-state index contributed by atoms with van der Waals surface area (Å²) in [5, 5.41) is 3.01. The van der Waals surface area contributed by atoms with Gasteiger partial charge in [-0.25, -0.2) is 8.42 Å².